The maximum atomic E-state index is 11.1. The van der Waals surface area contributed by atoms with Crippen molar-refractivity contribution < 1.29 is 14.6 Å². The summed E-state index contributed by atoms with van der Waals surface area (Å²) in [5, 5.41) is 14.1. The van der Waals surface area contributed by atoms with E-state index in [4.69, 9.17) is 16.3 Å². The molecule has 0 radical (unpaired) electrons. The quantitative estimate of drug-likeness (QED) is 0.751. The second kappa shape index (κ2) is 8.42. The van der Waals surface area contributed by atoms with Gasteiger partial charge in [0.15, 0.2) is 0 Å². The molecule has 1 amide bonds. The predicted octanol–water partition coefficient (Wildman–Crippen LogP) is 4.58. The number of likely N-dealkylation sites (tertiary alicyclic amines) is 1. The second-order valence-corrected chi connectivity index (χ2v) is 8.67. The number of aliphatic hydroxyl groups is 1. The Morgan fingerprint density at radius 3 is 2.63 bits per heavy atom. The van der Waals surface area contributed by atoms with Crippen LogP contribution in [0.15, 0.2) is 42.5 Å². The lowest BCUT2D eigenvalue weighted by Gasteiger charge is -2.42. The van der Waals surface area contributed by atoms with Crippen molar-refractivity contribution in [2.75, 3.05) is 25.0 Å². The Morgan fingerprint density at radius 2 is 1.97 bits per heavy atom. The van der Waals surface area contributed by atoms with Gasteiger partial charge in [0.05, 0.1) is 6.10 Å². The van der Waals surface area contributed by atoms with Crippen LogP contribution in [0.25, 0.3) is 6.08 Å². The lowest BCUT2D eigenvalue weighted by molar-refractivity contribution is -0.114. The first-order valence-electron chi connectivity index (χ1n) is 10.3. The third-order valence-corrected chi connectivity index (χ3v) is 6.33. The van der Waals surface area contributed by atoms with Gasteiger partial charge in [0.1, 0.15) is 11.4 Å². The smallest absolute Gasteiger partial charge is 0.221 e. The van der Waals surface area contributed by atoms with E-state index in [2.05, 4.69) is 22.4 Å². The average molecular weight is 427 g/mol. The minimum atomic E-state index is -0.571. The van der Waals surface area contributed by atoms with Crippen molar-refractivity contribution in [3.8, 4) is 5.75 Å². The number of ether oxygens (including phenoxy) is 1. The Labute approximate surface area is 182 Å². The predicted molar refractivity (Wildman–Crippen MR) is 120 cm³/mol. The van der Waals surface area contributed by atoms with Crippen LogP contribution in [0.2, 0.25) is 5.02 Å². The first-order valence-corrected chi connectivity index (χ1v) is 10.7. The summed E-state index contributed by atoms with van der Waals surface area (Å²) in [5.74, 6) is 0.789. The number of carbonyl (C=O) groups excluding carboxylic acids is 1. The molecule has 2 aliphatic heterocycles. The van der Waals surface area contributed by atoms with Gasteiger partial charge in [-0.15, -0.1) is 0 Å². The Kier molecular flexibility index (Phi) is 5.87. The van der Waals surface area contributed by atoms with Crippen molar-refractivity contribution in [3.63, 3.8) is 0 Å². The number of aryl methyl sites for hydroxylation is 1. The summed E-state index contributed by atoms with van der Waals surface area (Å²) in [6.07, 6.45) is 5.46. The van der Waals surface area contributed by atoms with Gasteiger partial charge >= 0.3 is 0 Å². The fourth-order valence-electron chi connectivity index (χ4n) is 4.11. The molecule has 0 aliphatic carbocycles. The number of nitrogens with zero attached hydrogens (tertiary/aromatic N) is 1. The van der Waals surface area contributed by atoms with Gasteiger partial charge in [-0.2, -0.15) is 0 Å². The fourth-order valence-corrected chi connectivity index (χ4v) is 4.28. The maximum absolute atomic E-state index is 11.1. The molecular weight excluding hydrogens is 400 g/mol. The fraction of sp³-hybridized carbons (Fsp3) is 0.375. The third-order valence-electron chi connectivity index (χ3n) is 5.92. The monoisotopic (exact) mass is 426 g/mol. The second-order valence-electron chi connectivity index (χ2n) is 8.26. The summed E-state index contributed by atoms with van der Waals surface area (Å²) in [4.78, 5) is 13.4. The topological polar surface area (TPSA) is 61.8 Å². The maximum Gasteiger partial charge on any atom is 0.221 e. The van der Waals surface area contributed by atoms with Gasteiger partial charge in [-0.1, -0.05) is 29.8 Å². The highest BCUT2D eigenvalue weighted by molar-refractivity contribution is 6.31. The highest BCUT2D eigenvalue weighted by Crippen LogP contribution is 2.39. The lowest BCUT2D eigenvalue weighted by Crippen LogP contribution is -2.48. The van der Waals surface area contributed by atoms with Gasteiger partial charge in [-0.05, 0) is 48.4 Å². The normalized spacial score (nSPS) is 18.5. The largest absolute Gasteiger partial charge is 0.482 e. The third kappa shape index (κ3) is 4.53. The highest BCUT2D eigenvalue weighted by atomic mass is 35.5. The Morgan fingerprint density at radius 1 is 1.27 bits per heavy atom. The molecule has 0 aromatic heterocycles. The van der Waals surface area contributed by atoms with Crippen molar-refractivity contribution in [1.29, 1.82) is 0 Å². The molecule has 2 N–H and O–H groups in total. The van der Waals surface area contributed by atoms with Crippen molar-refractivity contribution in [2.45, 2.75) is 38.4 Å². The molecule has 1 fully saturated rings. The number of anilines is 1. The molecule has 2 heterocycles. The highest BCUT2D eigenvalue weighted by Gasteiger charge is 2.37. The van der Waals surface area contributed by atoms with Crippen molar-refractivity contribution in [1.82, 2.24) is 4.90 Å². The number of hydrogen-bond acceptors (Lipinski definition) is 4. The molecule has 1 atom stereocenters. The number of amides is 1. The molecule has 30 heavy (non-hydrogen) atoms. The molecule has 0 saturated carbocycles. The van der Waals surface area contributed by atoms with E-state index in [1.807, 2.05) is 43.3 Å². The zero-order chi connectivity index (χ0) is 21.3. The van der Waals surface area contributed by atoms with E-state index in [1.165, 1.54) is 6.92 Å². The Balaban J connectivity index is 1.35. The van der Waals surface area contributed by atoms with Crippen LogP contribution in [0.5, 0.6) is 5.75 Å². The number of nitrogens with one attached hydrogen (secondary N) is 1. The number of hydrogen-bond donors (Lipinski definition) is 2. The average Bonchev–Trinajstić information content (AvgIpc) is 2.71. The van der Waals surface area contributed by atoms with Gasteiger partial charge in [0.2, 0.25) is 5.91 Å². The number of benzene rings is 2. The molecule has 1 saturated heterocycles. The molecule has 5 nitrogen and oxygen atoms in total. The first-order chi connectivity index (χ1) is 14.3. The van der Waals surface area contributed by atoms with Crippen LogP contribution in [0, 0.1) is 6.92 Å². The number of rotatable bonds is 4. The van der Waals surface area contributed by atoms with Crippen LogP contribution in [0.4, 0.5) is 5.69 Å². The van der Waals surface area contributed by atoms with Crippen LogP contribution >= 0.6 is 11.6 Å². The van der Waals surface area contributed by atoms with Gasteiger partial charge < -0.3 is 20.1 Å². The van der Waals surface area contributed by atoms with Gasteiger partial charge in [-0.25, -0.2) is 0 Å². The summed E-state index contributed by atoms with van der Waals surface area (Å²) < 4.78 is 6.41. The minimum Gasteiger partial charge on any atom is -0.482 e. The summed E-state index contributed by atoms with van der Waals surface area (Å²) in [5.41, 5.74) is 3.34. The molecule has 2 aliphatic rings. The molecule has 2 aromatic rings. The van der Waals surface area contributed by atoms with Crippen LogP contribution in [0.1, 0.15) is 42.6 Å². The number of piperidine rings is 1. The molecule has 2 aromatic carbocycles. The Hall–Kier alpha value is -2.34. The number of halogens is 1. The van der Waals surface area contributed by atoms with E-state index in [0.29, 0.717) is 6.54 Å². The van der Waals surface area contributed by atoms with Gasteiger partial charge in [-0.3, -0.25) is 4.79 Å². The Bertz CT molecular complexity index is 963. The van der Waals surface area contributed by atoms with E-state index >= 15 is 0 Å². The number of fused-ring (bicyclic) bond motifs is 1. The van der Waals surface area contributed by atoms with Crippen LogP contribution in [0.3, 0.4) is 0 Å². The standard InChI is InChI=1S/C24H27ClN2O3/c1-16-13-23-19(14-21(16)25)7-8-24(30-23)9-11-27(12-10-24)15-22(29)18-3-5-20(6-4-18)26-17(2)28/h3-8,13-14,22,29H,9-12,15H2,1-2H3,(H,26,28)/t22-/m0/s1. The van der Waals surface area contributed by atoms with Crippen LogP contribution in [-0.2, 0) is 4.79 Å². The number of β-amino-alcohol motifs (C(OH)–C–C–N with tert-alkyl or cyclic N) is 1. The summed E-state index contributed by atoms with van der Waals surface area (Å²) in [6, 6.07) is 11.3. The summed E-state index contributed by atoms with van der Waals surface area (Å²) >= 11 is 6.23. The molecule has 1 spiro atoms. The minimum absolute atomic E-state index is 0.106. The molecule has 158 valence electrons. The zero-order valence-electron chi connectivity index (χ0n) is 17.3. The zero-order valence-corrected chi connectivity index (χ0v) is 18.1. The molecular formula is C24H27ClN2O3. The van der Waals surface area contributed by atoms with E-state index in [1.54, 1.807) is 0 Å². The summed E-state index contributed by atoms with van der Waals surface area (Å²) in [6.45, 7) is 5.75. The number of aliphatic hydroxyl groups excluding tert-OH is 1. The molecule has 0 bridgehead atoms. The van der Waals surface area contributed by atoms with Crippen LogP contribution < -0.4 is 10.1 Å². The van der Waals surface area contributed by atoms with Crippen molar-refractivity contribution in [3.05, 3.63) is 64.2 Å². The van der Waals surface area contributed by atoms with Crippen LogP contribution in [-0.4, -0.2) is 41.1 Å². The van der Waals surface area contributed by atoms with E-state index in [9.17, 15) is 9.90 Å². The molecule has 6 heteroatoms. The van der Waals surface area contributed by atoms with Crippen molar-refractivity contribution >= 4 is 29.3 Å². The van der Waals surface area contributed by atoms with E-state index < -0.39 is 6.10 Å². The summed E-state index contributed by atoms with van der Waals surface area (Å²) in [7, 11) is 0. The van der Waals surface area contributed by atoms with Gasteiger partial charge in [0.25, 0.3) is 0 Å². The number of carbonyl (C=O) groups is 1. The van der Waals surface area contributed by atoms with Gasteiger partial charge in [0, 0.05) is 55.7 Å². The molecule has 4 rings (SSSR count). The van der Waals surface area contributed by atoms with Crippen molar-refractivity contribution in [2.24, 2.45) is 0 Å². The SMILES string of the molecule is CC(=O)Nc1ccc([C@@H](O)CN2CCC3(C=Cc4cc(Cl)c(C)cc4O3)CC2)cc1. The molecule has 0 unspecified atom stereocenters. The van der Waals surface area contributed by atoms with E-state index in [0.717, 1.165) is 59.1 Å². The first kappa shape index (κ1) is 20.9. The lowest BCUT2D eigenvalue weighted by atomic mass is 9.87. The van der Waals surface area contributed by atoms with E-state index in [-0.39, 0.29) is 11.5 Å².